The SMILES string of the molecule is CCc1cccc(CC)c1NC(=O)CN1C(=O)NC(C)(c2ccco2)C1=O. The summed E-state index contributed by atoms with van der Waals surface area (Å²) in [6.45, 7) is 5.22. The van der Waals surface area contributed by atoms with Crippen molar-refractivity contribution in [1.29, 1.82) is 0 Å². The first-order valence-corrected chi connectivity index (χ1v) is 8.99. The Morgan fingerprint density at radius 3 is 2.37 bits per heavy atom. The van der Waals surface area contributed by atoms with Gasteiger partial charge in [0.15, 0.2) is 5.54 Å². The van der Waals surface area contributed by atoms with E-state index < -0.39 is 23.4 Å². The van der Waals surface area contributed by atoms with E-state index in [1.54, 1.807) is 19.1 Å². The van der Waals surface area contributed by atoms with Gasteiger partial charge < -0.3 is 15.1 Å². The van der Waals surface area contributed by atoms with Crippen LogP contribution in [0, 0.1) is 0 Å². The third-order valence-corrected chi connectivity index (χ3v) is 4.85. The quantitative estimate of drug-likeness (QED) is 0.766. The Bertz CT molecular complexity index is 853. The Morgan fingerprint density at radius 2 is 1.81 bits per heavy atom. The first-order chi connectivity index (χ1) is 12.9. The molecular formula is C20H23N3O4. The molecule has 0 spiro atoms. The van der Waals surface area contributed by atoms with E-state index >= 15 is 0 Å². The van der Waals surface area contributed by atoms with E-state index in [9.17, 15) is 14.4 Å². The Labute approximate surface area is 157 Å². The molecule has 1 saturated heterocycles. The number of imide groups is 1. The second kappa shape index (κ2) is 7.26. The summed E-state index contributed by atoms with van der Waals surface area (Å²) in [5.74, 6) is -0.608. The largest absolute Gasteiger partial charge is 0.466 e. The number of para-hydroxylation sites is 1. The number of hydrogen-bond acceptors (Lipinski definition) is 4. The van der Waals surface area contributed by atoms with Gasteiger partial charge in [0.1, 0.15) is 12.3 Å². The molecule has 1 fully saturated rings. The number of amides is 4. The van der Waals surface area contributed by atoms with E-state index in [0.717, 1.165) is 34.6 Å². The summed E-state index contributed by atoms with van der Waals surface area (Å²) >= 11 is 0. The molecule has 0 bridgehead atoms. The van der Waals surface area contributed by atoms with Gasteiger partial charge in [-0.1, -0.05) is 32.0 Å². The monoisotopic (exact) mass is 369 g/mol. The van der Waals surface area contributed by atoms with Gasteiger partial charge in [0.05, 0.1) is 6.26 Å². The minimum Gasteiger partial charge on any atom is -0.466 e. The van der Waals surface area contributed by atoms with Gasteiger partial charge in [0, 0.05) is 5.69 Å². The molecule has 1 atom stereocenters. The maximum atomic E-state index is 12.8. The van der Waals surface area contributed by atoms with Crippen LogP contribution in [0.5, 0.6) is 0 Å². The van der Waals surface area contributed by atoms with Crippen LogP contribution in [-0.4, -0.2) is 29.3 Å². The van der Waals surface area contributed by atoms with Gasteiger partial charge in [0.25, 0.3) is 5.91 Å². The fourth-order valence-electron chi connectivity index (χ4n) is 3.30. The molecule has 3 rings (SSSR count). The lowest BCUT2D eigenvalue weighted by molar-refractivity contribution is -0.134. The molecule has 2 heterocycles. The summed E-state index contributed by atoms with van der Waals surface area (Å²) < 4.78 is 5.29. The molecular weight excluding hydrogens is 346 g/mol. The zero-order valence-corrected chi connectivity index (χ0v) is 15.7. The Hall–Kier alpha value is -3.09. The second-order valence-corrected chi connectivity index (χ2v) is 6.63. The van der Waals surface area contributed by atoms with E-state index in [4.69, 9.17) is 4.42 Å². The number of carbonyl (C=O) groups is 3. The van der Waals surface area contributed by atoms with Gasteiger partial charge in [-0.25, -0.2) is 4.79 Å². The molecule has 1 aromatic heterocycles. The van der Waals surface area contributed by atoms with Gasteiger partial charge in [-0.2, -0.15) is 0 Å². The van der Waals surface area contributed by atoms with Crippen molar-refractivity contribution in [2.24, 2.45) is 0 Å². The molecule has 1 aliphatic heterocycles. The standard InChI is InChI=1S/C20H23N3O4/c1-4-13-8-6-9-14(5-2)17(13)21-16(24)12-23-18(25)20(3,22-19(23)26)15-10-7-11-27-15/h6-11H,4-5,12H2,1-3H3,(H,21,24)(H,22,26). The average Bonchev–Trinajstić information content (AvgIpc) is 3.26. The smallest absolute Gasteiger partial charge is 0.325 e. The van der Waals surface area contributed by atoms with Crippen molar-refractivity contribution >= 4 is 23.5 Å². The van der Waals surface area contributed by atoms with Gasteiger partial charge in [-0.15, -0.1) is 0 Å². The Morgan fingerprint density at radius 1 is 1.15 bits per heavy atom. The highest BCUT2D eigenvalue weighted by Gasteiger charge is 2.51. The van der Waals surface area contributed by atoms with Crippen LogP contribution in [0.3, 0.4) is 0 Å². The van der Waals surface area contributed by atoms with Crippen LogP contribution in [-0.2, 0) is 28.0 Å². The number of nitrogens with zero attached hydrogens (tertiary/aromatic N) is 1. The number of benzene rings is 1. The number of urea groups is 1. The van der Waals surface area contributed by atoms with Gasteiger partial charge in [-0.05, 0) is 43.0 Å². The maximum Gasteiger partial charge on any atom is 0.325 e. The lowest BCUT2D eigenvalue weighted by Gasteiger charge is -2.19. The van der Waals surface area contributed by atoms with Gasteiger partial charge in [-0.3, -0.25) is 14.5 Å². The topological polar surface area (TPSA) is 91.7 Å². The molecule has 1 unspecified atom stereocenters. The van der Waals surface area contributed by atoms with E-state index in [-0.39, 0.29) is 6.54 Å². The average molecular weight is 369 g/mol. The number of anilines is 1. The highest BCUT2D eigenvalue weighted by Crippen LogP contribution is 2.29. The summed E-state index contributed by atoms with van der Waals surface area (Å²) in [6.07, 6.45) is 2.97. The first kappa shape index (κ1) is 18.7. The predicted octanol–water partition coefficient (Wildman–Crippen LogP) is 2.81. The highest BCUT2D eigenvalue weighted by molar-refractivity contribution is 6.10. The van der Waals surface area contributed by atoms with E-state index in [1.165, 1.54) is 6.26 Å². The molecule has 142 valence electrons. The van der Waals surface area contributed by atoms with Crippen molar-refractivity contribution in [2.75, 3.05) is 11.9 Å². The van der Waals surface area contributed by atoms with Crippen molar-refractivity contribution in [2.45, 2.75) is 39.2 Å². The number of furan rings is 1. The fourth-order valence-corrected chi connectivity index (χ4v) is 3.30. The van der Waals surface area contributed by atoms with Crippen molar-refractivity contribution in [1.82, 2.24) is 10.2 Å². The molecule has 2 N–H and O–H groups in total. The number of rotatable bonds is 6. The van der Waals surface area contributed by atoms with Crippen molar-refractivity contribution < 1.29 is 18.8 Å². The Kier molecular flexibility index (Phi) is 5.03. The molecule has 1 aliphatic rings. The molecule has 0 radical (unpaired) electrons. The molecule has 0 aliphatic carbocycles. The van der Waals surface area contributed by atoms with E-state index in [0.29, 0.717) is 5.76 Å². The molecule has 7 heteroatoms. The lowest BCUT2D eigenvalue weighted by atomic mass is 9.99. The summed E-state index contributed by atoms with van der Waals surface area (Å²) in [7, 11) is 0. The minimum absolute atomic E-state index is 0.327. The molecule has 27 heavy (non-hydrogen) atoms. The number of aryl methyl sites for hydroxylation is 2. The summed E-state index contributed by atoms with van der Waals surface area (Å²) in [5, 5.41) is 5.49. The zero-order valence-electron chi connectivity index (χ0n) is 15.7. The third kappa shape index (κ3) is 3.32. The lowest BCUT2D eigenvalue weighted by Crippen LogP contribution is -2.42. The van der Waals surface area contributed by atoms with Crippen LogP contribution < -0.4 is 10.6 Å². The van der Waals surface area contributed by atoms with Gasteiger partial charge in [0.2, 0.25) is 5.91 Å². The van der Waals surface area contributed by atoms with Crippen LogP contribution >= 0.6 is 0 Å². The van der Waals surface area contributed by atoms with Crippen LogP contribution in [0.2, 0.25) is 0 Å². The Balaban J connectivity index is 1.77. The van der Waals surface area contributed by atoms with E-state index in [2.05, 4.69) is 10.6 Å². The van der Waals surface area contributed by atoms with Crippen molar-refractivity contribution in [3.63, 3.8) is 0 Å². The normalized spacial score (nSPS) is 19.3. The van der Waals surface area contributed by atoms with Crippen LogP contribution in [0.4, 0.5) is 10.5 Å². The van der Waals surface area contributed by atoms with Crippen molar-refractivity contribution in [3.8, 4) is 0 Å². The molecule has 7 nitrogen and oxygen atoms in total. The molecule has 2 aromatic rings. The predicted molar refractivity (Wildman–Crippen MR) is 100 cm³/mol. The maximum absolute atomic E-state index is 12.8. The number of carbonyl (C=O) groups excluding carboxylic acids is 3. The van der Waals surface area contributed by atoms with E-state index in [1.807, 2.05) is 32.0 Å². The minimum atomic E-state index is -1.31. The van der Waals surface area contributed by atoms with Crippen molar-refractivity contribution in [3.05, 3.63) is 53.5 Å². The summed E-state index contributed by atoms with van der Waals surface area (Å²) in [5.41, 5.74) is 1.48. The van der Waals surface area contributed by atoms with Gasteiger partial charge >= 0.3 is 6.03 Å². The summed E-state index contributed by atoms with van der Waals surface area (Å²) in [4.78, 5) is 38.6. The second-order valence-electron chi connectivity index (χ2n) is 6.63. The first-order valence-electron chi connectivity index (χ1n) is 8.99. The molecule has 4 amide bonds. The summed E-state index contributed by atoms with van der Waals surface area (Å²) in [6, 6.07) is 8.51. The van der Waals surface area contributed by atoms with Crippen LogP contribution in [0.15, 0.2) is 41.0 Å². The number of hydrogen-bond donors (Lipinski definition) is 2. The number of nitrogens with one attached hydrogen (secondary N) is 2. The fraction of sp³-hybridized carbons (Fsp3) is 0.350. The molecule has 1 aromatic carbocycles. The van der Waals surface area contributed by atoms with Crippen LogP contribution in [0.1, 0.15) is 37.7 Å². The highest BCUT2D eigenvalue weighted by atomic mass is 16.3. The van der Waals surface area contributed by atoms with Crippen LogP contribution in [0.25, 0.3) is 0 Å². The zero-order chi connectivity index (χ0) is 19.6. The molecule has 0 saturated carbocycles. The third-order valence-electron chi connectivity index (χ3n) is 4.85.